The van der Waals surface area contributed by atoms with Crippen LogP contribution in [0.5, 0.6) is 0 Å². The molecule has 0 spiro atoms. The van der Waals surface area contributed by atoms with E-state index in [1.807, 2.05) is 0 Å². The van der Waals surface area contributed by atoms with E-state index in [4.69, 9.17) is 0 Å². The highest BCUT2D eigenvalue weighted by atomic mass is 32.2. The van der Waals surface area contributed by atoms with Crippen molar-refractivity contribution >= 4 is 27.4 Å². The quantitative estimate of drug-likeness (QED) is 0.593. The van der Waals surface area contributed by atoms with E-state index in [-0.39, 0.29) is 34.8 Å². The molecule has 3 rings (SSSR count). The summed E-state index contributed by atoms with van der Waals surface area (Å²) in [5, 5.41) is 9.21. The molecule has 1 heterocycles. The van der Waals surface area contributed by atoms with Gasteiger partial charge in [0.2, 0.25) is 0 Å². The Balaban J connectivity index is 2.10. The maximum absolute atomic E-state index is 13.9. The van der Waals surface area contributed by atoms with E-state index in [1.165, 1.54) is 17.0 Å². The fraction of sp³-hybridized carbons (Fsp3) is 0.381. The van der Waals surface area contributed by atoms with Crippen LogP contribution in [0.3, 0.4) is 0 Å². The van der Waals surface area contributed by atoms with Crippen LogP contribution in [0, 0.1) is 0 Å². The third-order valence-corrected chi connectivity index (χ3v) is 6.71. The van der Waals surface area contributed by atoms with Gasteiger partial charge in [-0.2, -0.15) is 13.2 Å². The first-order chi connectivity index (χ1) is 14.9. The molecule has 174 valence electrons. The van der Waals surface area contributed by atoms with E-state index < -0.39 is 33.9 Å². The molecule has 1 unspecified atom stereocenters. The predicted octanol–water partition coefficient (Wildman–Crippen LogP) is 4.71. The summed E-state index contributed by atoms with van der Waals surface area (Å²) >= 11 is 0. The highest BCUT2D eigenvalue weighted by molar-refractivity contribution is 7.92. The third-order valence-electron chi connectivity index (χ3n) is 5.26. The summed E-state index contributed by atoms with van der Waals surface area (Å²) in [4.78, 5) is 12.5. The van der Waals surface area contributed by atoms with E-state index in [1.54, 1.807) is 6.92 Å². The van der Waals surface area contributed by atoms with Crippen molar-refractivity contribution in [3.63, 3.8) is 0 Å². The predicted molar refractivity (Wildman–Crippen MR) is 111 cm³/mol. The van der Waals surface area contributed by atoms with Crippen molar-refractivity contribution in [2.45, 2.75) is 43.4 Å². The third kappa shape index (κ3) is 5.14. The molecule has 2 aromatic rings. The number of anilines is 2. The smallest absolute Gasteiger partial charge is 0.416 e. The van der Waals surface area contributed by atoms with Gasteiger partial charge < -0.3 is 10.0 Å². The van der Waals surface area contributed by atoms with Crippen LogP contribution in [0.1, 0.15) is 41.3 Å². The second kappa shape index (κ2) is 8.97. The van der Waals surface area contributed by atoms with E-state index in [9.17, 15) is 35.9 Å². The molecule has 1 aliphatic rings. The first kappa shape index (κ1) is 23.8. The van der Waals surface area contributed by atoms with Gasteiger partial charge in [-0.15, -0.1) is 0 Å². The molecule has 1 aliphatic heterocycles. The fourth-order valence-corrected chi connectivity index (χ4v) is 5.05. The van der Waals surface area contributed by atoms with Crippen LogP contribution in [0.25, 0.3) is 0 Å². The number of carbonyl (C=O) groups is 1. The Morgan fingerprint density at radius 1 is 1.22 bits per heavy atom. The lowest BCUT2D eigenvalue weighted by atomic mass is 10.1. The minimum atomic E-state index is -4.72. The molecule has 2 N–H and O–H groups in total. The number of rotatable bonds is 6. The van der Waals surface area contributed by atoms with E-state index in [0.29, 0.717) is 31.0 Å². The van der Waals surface area contributed by atoms with Crippen LogP contribution >= 0.6 is 0 Å². The van der Waals surface area contributed by atoms with Crippen molar-refractivity contribution in [3.8, 4) is 0 Å². The molecule has 1 saturated heterocycles. The number of sulfonamides is 1. The van der Waals surface area contributed by atoms with Crippen LogP contribution in [0.15, 0.2) is 41.3 Å². The van der Waals surface area contributed by atoms with Gasteiger partial charge in [-0.25, -0.2) is 17.6 Å². The zero-order valence-corrected chi connectivity index (χ0v) is 17.9. The second-order valence-corrected chi connectivity index (χ2v) is 9.15. The number of alkyl halides is 4. The van der Waals surface area contributed by atoms with Crippen molar-refractivity contribution in [1.82, 2.24) is 0 Å². The molecule has 0 saturated carbocycles. The number of aryl methyl sites for hydroxylation is 1. The minimum Gasteiger partial charge on any atom is -0.478 e. The summed E-state index contributed by atoms with van der Waals surface area (Å²) in [7, 11) is -4.45. The molecular formula is C21H22F4N2O4S. The van der Waals surface area contributed by atoms with Crippen molar-refractivity contribution in [2.75, 3.05) is 22.7 Å². The number of nitrogens with one attached hydrogen (secondary N) is 1. The van der Waals surface area contributed by atoms with Gasteiger partial charge in [-0.3, -0.25) is 4.72 Å². The summed E-state index contributed by atoms with van der Waals surface area (Å²) in [6.07, 6.45) is -4.87. The summed E-state index contributed by atoms with van der Waals surface area (Å²) in [6.45, 7) is 1.95. The molecule has 6 nitrogen and oxygen atoms in total. The number of aromatic carboxylic acids is 1. The Hall–Kier alpha value is -2.82. The SMILES string of the molecule is CCc1ccc(C(=O)O)cc1S(=O)(=O)Nc1cc(C(F)(F)F)ccc1N1CCCC(F)C1. The Morgan fingerprint density at radius 2 is 1.94 bits per heavy atom. The summed E-state index contributed by atoms with van der Waals surface area (Å²) in [5.74, 6) is -1.34. The molecule has 2 aromatic carbocycles. The highest BCUT2D eigenvalue weighted by Crippen LogP contribution is 2.37. The molecule has 0 radical (unpaired) electrons. The fourth-order valence-electron chi connectivity index (χ4n) is 3.64. The molecule has 1 atom stereocenters. The van der Waals surface area contributed by atoms with E-state index in [2.05, 4.69) is 4.72 Å². The molecule has 0 aromatic heterocycles. The topological polar surface area (TPSA) is 86.7 Å². The number of benzene rings is 2. The van der Waals surface area contributed by atoms with Gasteiger partial charge in [0.1, 0.15) is 6.17 Å². The number of hydrogen-bond acceptors (Lipinski definition) is 4. The monoisotopic (exact) mass is 474 g/mol. The molecule has 0 amide bonds. The number of hydrogen-bond donors (Lipinski definition) is 2. The van der Waals surface area contributed by atoms with Gasteiger partial charge in [0.15, 0.2) is 0 Å². The highest BCUT2D eigenvalue weighted by Gasteiger charge is 2.33. The zero-order valence-electron chi connectivity index (χ0n) is 17.1. The van der Waals surface area contributed by atoms with Crippen molar-refractivity contribution in [2.24, 2.45) is 0 Å². The molecule has 0 aliphatic carbocycles. The van der Waals surface area contributed by atoms with Gasteiger partial charge >= 0.3 is 12.1 Å². The van der Waals surface area contributed by atoms with Crippen molar-refractivity contribution in [3.05, 3.63) is 53.1 Å². The number of nitrogens with zero attached hydrogens (tertiary/aromatic N) is 1. The number of piperidine rings is 1. The van der Waals surface area contributed by atoms with Crippen LogP contribution in [0.4, 0.5) is 28.9 Å². The minimum absolute atomic E-state index is 0.0746. The van der Waals surface area contributed by atoms with Gasteiger partial charge in [-0.05, 0) is 55.2 Å². The zero-order chi connectivity index (χ0) is 23.7. The summed E-state index contributed by atoms with van der Waals surface area (Å²) < 4.78 is 82.3. The lowest BCUT2D eigenvalue weighted by Crippen LogP contribution is -2.37. The van der Waals surface area contributed by atoms with Gasteiger partial charge in [-0.1, -0.05) is 13.0 Å². The van der Waals surface area contributed by atoms with Crippen molar-refractivity contribution < 1.29 is 35.9 Å². The van der Waals surface area contributed by atoms with Gasteiger partial charge in [0.05, 0.1) is 27.4 Å². The maximum Gasteiger partial charge on any atom is 0.416 e. The maximum atomic E-state index is 13.9. The Kier molecular flexibility index (Phi) is 6.68. The normalized spacial score (nSPS) is 17.3. The number of carboxylic acids is 1. The summed E-state index contributed by atoms with van der Waals surface area (Å²) in [6, 6.07) is 6.18. The number of carboxylic acid groups (broad SMARTS) is 1. The Bertz CT molecular complexity index is 1120. The first-order valence-electron chi connectivity index (χ1n) is 9.91. The standard InChI is InChI=1S/C21H22F4N2O4S/c1-2-13-5-6-14(20(28)29)10-19(13)32(30,31)26-17-11-15(21(23,24)25)7-8-18(17)27-9-3-4-16(22)12-27/h5-8,10-11,16,26H,2-4,9,12H2,1H3,(H,28,29). The molecular weight excluding hydrogens is 452 g/mol. The molecule has 32 heavy (non-hydrogen) atoms. The van der Waals surface area contributed by atoms with Crippen LogP contribution in [-0.4, -0.2) is 38.8 Å². The van der Waals surface area contributed by atoms with Gasteiger partial charge in [0.25, 0.3) is 10.0 Å². The lowest BCUT2D eigenvalue weighted by Gasteiger charge is -2.32. The second-order valence-electron chi connectivity index (χ2n) is 7.50. The van der Waals surface area contributed by atoms with Gasteiger partial charge in [0, 0.05) is 13.1 Å². The molecule has 1 fully saturated rings. The Morgan fingerprint density at radius 3 is 2.53 bits per heavy atom. The Labute approximate surface area is 182 Å². The van der Waals surface area contributed by atoms with Crippen LogP contribution < -0.4 is 9.62 Å². The van der Waals surface area contributed by atoms with E-state index in [0.717, 1.165) is 18.2 Å². The summed E-state index contributed by atoms with van der Waals surface area (Å²) in [5.41, 5.74) is -1.27. The average Bonchev–Trinajstić information content (AvgIpc) is 2.72. The average molecular weight is 474 g/mol. The van der Waals surface area contributed by atoms with E-state index >= 15 is 0 Å². The van der Waals surface area contributed by atoms with Crippen LogP contribution in [-0.2, 0) is 22.6 Å². The largest absolute Gasteiger partial charge is 0.478 e. The molecule has 11 heteroatoms. The number of halogens is 4. The molecule has 0 bridgehead atoms. The lowest BCUT2D eigenvalue weighted by molar-refractivity contribution is -0.137. The first-order valence-corrected chi connectivity index (χ1v) is 11.4. The van der Waals surface area contributed by atoms with Crippen molar-refractivity contribution in [1.29, 1.82) is 0 Å². The van der Waals surface area contributed by atoms with Crippen LogP contribution in [0.2, 0.25) is 0 Å².